The van der Waals surface area contributed by atoms with E-state index in [4.69, 9.17) is 0 Å². The molecule has 0 N–H and O–H groups in total. The molecular weight excluding hydrogens is 825 g/mol. The van der Waals surface area contributed by atoms with E-state index in [0.29, 0.717) is 11.4 Å². The molecule has 3 aliphatic carbocycles. The smallest absolute Gasteiger partial charge is 0.311 e. The summed E-state index contributed by atoms with van der Waals surface area (Å²) in [6.45, 7) is 36.9. The molecule has 0 saturated carbocycles. The van der Waals surface area contributed by atoms with Crippen molar-refractivity contribution >= 4 is 67.9 Å². The highest BCUT2D eigenvalue weighted by molar-refractivity contribution is 7.29. The summed E-state index contributed by atoms with van der Waals surface area (Å²) in [5, 5.41) is 0. The van der Waals surface area contributed by atoms with Gasteiger partial charge < -0.3 is 9.80 Å². The molecule has 4 aromatic carbocycles. The standard InChI is InChI=1S/C58H70BF3N2S/c1-33-29-34(51(2,3)4)17-22-41(33)64-43-31-35(58(60,61)62)30-42-46(43)59(50-48(64)45-49(65-50)57(15,16)28-27-56(45,13)14)40-21-20-38-44(55(11,12)26-25-53(38,7)8)47(40)63(42)36-18-19-37-39(32-36)54(9,10)24-23-52(37,5)6/h17-22,29-32H,23-28H2,1-16H3. The van der Waals surface area contributed by atoms with E-state index in [2.05, 4.69) is 169 Å². The second-order valence-corrected chi connectivity index (χ2v) is 26.8. The molecule has 2 aliphatic heterocycles. The zero-order chi connectivity index (χ0) is 47.1. The van der Waals surface area contributed by atoms with Gasteiger partial charge in [0.1, 0.15) is 0 Å². The molecule has 0 atom stereocenters. The summed E-state index contributed by atoms with van der Waals surface area (Å²) in [4.78, 5) is 5.99. The van der Waals surface area contributed by atoms with Gasteiger partial charge in [0.05, 0.1) is 11.3 Å². The van der Waals surface area contributed by atoms with E-state index in [-0.39, 0.29) is 44.6 Å². The second kappa shape index (κ2) is 13.6. The van der Waals surface area contributed by atoms with Crippen LogP contribution in [0.3, 0.4) is 0 Å². The third kappa shape index (κ3) is 6.53. The van der Waals surface area contributed by atoms with Crippen LogP contribution in [0.15, 0.2) is 60.7 Å². The van der Waals surface area contributed by atoms with Crippen molar-refractivity contribution in [2.45, 2.75) is 193 Å². The molecule has 0 fully saturated rings. The lowest BCUT2D eigenvalue weighted by Crippen LogP contribution is -2.61. The number of alkyl halides is 3. The van der Waals surface area contributed by atoms with E-state index in [9.17, 15) is 0 Å². The monoisotopic (exact) mass is 895 g/mol. The molecular formula is C58H70BF3N2S. The number of rotatable bonds is 2. The highest BCUT2D eigenvalue weighted by Crippen LogP contribution is 2.59. The Labute approximate surface area is 392 Å². The Bertz CT molecular complexity index is 2840. The predicted octanol–water partition coefficient (Wildman–Crippen LogP) is 15.5. The average Bonchev–Trinajstić information content (AvgIpc) is 3.62. The van der Waals surface area contributed by atoms with Crippen molar-refractivity contribution in [3.05, 3.63) is 110 Å². The molecule has 5 aromatic rings. The van der Waals surface area contributed by atoms with Gasteiger partial charge in [0.2, 0.25) is 0 Å². The van der Waals surface area contributed by atoms with E-state index in [1.165, 1.54) is 60.6 Å². The molecule has 0 bridgehead atoms. The van der Waals surface area contributed by atoms with Gasteiger partial charge >= 0.3 is 6.18 Å². The van der Waals surface area contributed by atoms with E-state index in [1.807, 2.05) is 11.3 Å². The van der Waals surface area contributed by atoms with Crippen LogP contribution in [0.5, 0.6) is 0 Å². The van der Waals surface area contributed by atoms with Crippen molar-refractivity contribution in [2.75, 3.05) is 9.80 Å². The molecule has 0 saturated heterocycles. The molecule has 1 aromatic heterocycles. The fourth-order valence-corrected chi connectivity index (χ4v) is 14.5. The minimum atomic E-state index is -4.58. The molecule has 65 heavy (non-hydrogen) atoms. The summed E-state index contributed by atoms with van der Waals surface area (Å²) in [5.41, 5.74) is 15.0. The zero-order valence-corrected chi connectivity index (χ0v) is 42.8. The molecule has 3 heterocycles. The lowest BCUT2D eigenvalue weighted by molar-refractivity contribution is -0.137. The molecule has 0 amide bonds. The highest BCUT2D eigenvalue weighted by Gasteiger charge is 2.54. The van der Waals surface area contributed by atoms with Crippen LogP contribution in [0.2, 0.25) is 0 Å². The summed E-state index contributed by atoms with van der Waals surface area (Å²) >= 11 is 1.94. The number of aryl methyl sites for hydroxylation is 1. The Kier molecular flexibility index (Phi) is 9.38. The molecule has 10 rings (SSSR count). The van der Waals surface area contributed by atoms with Crippen molar-refractivity contribution in [1.29, 1.82) is 0 Å². The van der Waals surface area contributed by atoms with Crippen LogP contribution in [0.4, 0.5) is 47.3 Å². The van der Waals surface area contributed by atoms with E-state index in [1.54, 1.807) is 0 Å². The van der Waals surface area contributed by atoms with Gasteiger partial charge in [-0.2, -0.15) is 24.5 Å². The van der Waals surface area contributed by atoms with Crippen molar-refractivity contribution < 1.29 is 13.2 Å². The summed E-state index contributed by atoms with van der Waals surface area (Å²) in [7, 11) is 0. The molecule has 5 aliphatic rings. The average molecular weight is 895 g/mol. The van der Waals surface area contributed by atoms with Crippen LogP contribution in [-0.2, 0) is 44.1 Å². The summed E-state index contributed by atoms with van der Waals surface area (Å²) in [5.74, 6) is 0. The maximum Gasteiger partial charge on any atom is 0.416 e. The minimum Gasteiger partial charge on any atom is -0.311 e. The number of fused-ring (bicyclic) bond motifs is 9. The van der Waals surface area contributed by atoms with Gasteiger partial charge in [-0.05, 0) is 164 Å². The van der Waals surface area contributed by atoms with Gasteiger partial charge in [0.25, 0.3) is 6.71 Å². The quantitative estimate of drug-likeness (QED) is 0.160. The van der Waals surface area contributed by atoms with Crippen LogP contribution in [0.1, 0.15) is 192 Å². The minimum absolute atomic E-state index is 0.00797. The van der Waals surface area contributed by atoms with Gasteiger partial charge in [-0.15, -0.1) is 0 Å². The second-order valence-electron chi connectivity index (χ2n) is 25.8. The molecule has 2 nitrogen and oxygen atoms in total. The molecule has 0 radical (unpaired) electrons. The van der Waals surface area contributed by atoms with Gasteiger partial charge in [-0.1, -0.05) is 134 Å². The maximum atomic E-state index is 16.0. The Morgan fingerprint density at radius 3 is 1.66 bits per heavy atom. The first kappa shape index (κ1) is 44.8. The van der Waals surface area contributed by atoms with Crippen molar-refractivity contribution in [3.8, 4) is 0 Å². The fraction of sp³-hybridized carbons (Fsp3) is 0.517. The number of hydrogen-bond donors (Lipinski definition) is 0. The Hall–Kier alpha value is -3.97. The predicted molar refractivity (Wildman–Crippen MR) is 273 cm³/mol. The third-order valence-electron chi connectivity index (χ3n) is 17.2. The van der Waals surface area contributed by atoms with Crippen molar-refractivity contribution in [2.24, 2.45) is 0 Å². The van der Waals surface area contributed by atoms with E-state index >= 15 is 13.2 Å². The molecule has 342 valence electrons. The van der Waals surface area contributed by atoms with Gasteiger partial charge in [-0.3, -0.25) is 0 Å². The Morgan fingerprint density at radius 2 is 1.06 bits per heavy atom. The fourth-order valence-electron chi connectivity index (χ4n) is 12.8. The number of nitrogens with zero attached hydrogens (tertiary/aromatic N) is 2. The van der Waals surface area contributed by atoms with Crippen LogP contribution < -0.4 is 25.5 Å². The SMILES string of the molecule is Cc1cc(C(C)(C)C)ccc1N1c2cc(C(F)(F)F)cc3c2B(c2ccc4c(c2N3c2ccc3c(c2)C(C)(C)CCC3(C)C)C(C)(C)CCC4(C)C)c2sc3c(c21)C(C)(C)CCC3(C)C. The van der Waals surface area contributed by atoms with Crippen LogP contribution in [0.25, 0.3) is 0 Å². The maximum absolute atomic E-state index is 16.0. The van der Waals surface area contributed by atoms with Crippen LogP contribution in [-0.4, -0.2) is 6.71 Å². The summed E-state index contributed by atoms with van der Waals surface area (Å²) in [6, 6.07) is 21.4. The van der Waals surface area contributed by atoms with Crippen LogP contribution >= 0.6 is 11.3 Å². The number of hydrogen-bond acceptors (Lipinski definition) is 3. The Balaban J connectivity index is 1.40. The normalized spacial score (nSPS) is 21.4. The van der Waals surface area contributed by atoms with E-state index in [0.717, 1.165) is 72.3 Å². The first-order valence-corrected chi connectivity index (χ1v) is 25.2. The van der Waals surface area contributed by atoms with Crippen LogP contribution in [0, 0.1) is 6.92 Å². The first-order chi connectivity index (χ1) is 29.9. The zero-order valence-electron chi connectivity index (χ0n) is 42.0. The number of halogens is 3. The highest BCUT2D eigenvalue weighted by atomic mass is 32.1. The largest absolute Gasteiger partial charge is 0.416 e. The van der Waals surface area contributed by atoms with Crippen molar-refractivity contribution in [3.63, 3.8) is 0 Å². The molecule has 0 spiro atoms. The molecule has 7 heteroatoms. The summed E-state index contributed by atoms with van der Waals surface area (Å²) < 4.78 is 49.3. The summed E-state index contributed by atoms with van der Waals surface area (Å²) in [6.07, 6.45) is 1.65. The van der Waals surface area contributed by atoms with Crippen molar-refractivity contribution in [1.82, 2.24) is 0 Å². The van der Waals surface area contributed by atoms with E-state index < -0.39 is 11.7 Å². The van der Waals surface area contributed by atoms with Gasteiger partial charge in [-0.25, -0.2) is 0 Å². The molecule has 0 unspecified atom stereocenters. The van der Waals surface area contributed by atoms with Gasteiger partial charge in [0, 0.05) is 38.1 Å². The lowest BCUT2D eigenvalue weighted by atomic mass is 9.35. The third-order valence-corrected chi connectivity index (χ3v) is 18.8. The number of thiophene rings is 1. The number of anilines is 6. The Morgan fingerprint density at radius 1 is 0.523 bits per heavy atom. The van der Waals surface area contributed by atoms with Gasteiger partial charge in [0.15, 0.2) is 0 Å². The lowest BCUT2D eigenvalue weighted by Gasteiger charge is -2.50. The first-order valence-electron chi connectivity index (χ1n) is 24.3. The topological polar surface area (TPSA) is 6.48 Å². The number of benzene rings is 4.